The normalized spacial score (nSPS) is 13.2. The second-order valence-electron chi connectivity index (χ2n) is 6.02. The van der Waals surface area contributed by atoms with E-state index in [9.17, 15) is 9.90 Å². The van der Waals surface area contributed by atoms with Gasteiger partial charge >= 0.3 is 6.03 Å². The molecule has 1 heterocycles. The Kier molecular flexibility index (Phi) is 5.16. The number of aryl methyl sites for hydroxylation is 2. The molecule has 0 aliphatic carbocycles. The van der Waals surface area contributed by atoms with Crippen molar-refractivity contribution in [2.45, 2.75) is 52.7 Å². The molecular formula is C14H26N4O2. The molecule has 0 aliphatic rings. The van der Waals surface area contributed by atoms with Gasteiger partial charge in [-0.15, -0.1) is 0 Å². The molecule has 0 saturated carbocycles. The summed E-state index contributed by atoms with van der Waals surface area (Å²) in [6.45, 7) is 9.48. The standard InChI is InChI=1S/C14H26N4O2/c1-9(16-13(19)15-8-14(4,5)20)7-12-10(2)17-18(6)11(12)3/h9,20H,7-8H2,1-6H3,(H2,15,16,19)/t9-/m1/s1. The number of hydrogen-bond acceptors (Lipinski definition) is 3. The van der Waals surface area contributed by atoms with Gasteiger partial charge in [-0.1, -0.05) is 0 Å². The van der Waals surface area contributed by atoms with Crippen LogP contribution in [0.4, 0.5) is 4.79 Å². The predicted molar refractivity (Wildman–Crippen MR) is 78.7 cm³/mol. The minimum absolute atomic E-state index is 0.00148. The molecule has 0 spiro atoms. The molecule has 1 atom stereocenters. The fraction of sp³-hybridized carbons (Fsp3) is 0.714. The van der Waals surface area contributed by atoms with Crippen LogP contribution in [0.1, 0.15) is 37.7 Å². The topological polar surface area (TPSA) is 79.2 Å². The van der Waals surface area contributed by atoms with Gasteiger partial charge in [-0.2, -0.15) is 5.10 Å². The van der Waals surface area contributed by atoms with Crippen molar-refractivity contribution in [2.24, 2.45) is 7.05 Å². The van der Waals surface area contributed by atoms with E-state index in [0.29, 0.717) is 0 Å². The lowest BCUT2D eigenvalue weighted by molar-refractivity contribution is 0.0818. The lowest BCUT2D eigenvalue weighted by Gasteiger charge is -2.20. The summed E-state index contributed by atoms with van der Waals surface area (Å²) in [5, 5.41) is 19.4. The summed E-state index contributed by atoms with van der Waals surface area (Å²) in [6.07, 6.45) is 0.738. The Hall–Kier alpha value is -1.56. The number of aromatic nitrogens is 2. The SMILES string of the molecule is Cc1nn(C)c(C)c1C[C@@H](C)NC(=O)NCC(C)(C)O. The summed E-state index contributed by atoms with van der Waals surface area (Å²) in [5.41, 5.74) is 2.38. The fourth-order valence-electron chi connectivity index (χ4n) is 2.04. The molecule has 114 valence electrons. The molecule has 0 aromatic carbocycles. The third-order valence-electron chi connectivity index (χ3n) is 3.23. The average Bonchev–Trinajstić information content (AvgIpc) is 2.52. The van der Waals surface area contributed by atoms with Gasteiger partial charge < -0.3 is 15.7 Å². The highest BCUT2D eigenvalue weighted by Crippen LogP contribution is 2.14. The highest BCUT2D eigenvalue weighted by atomic mass is 16.3. The van der Waals surface area contributed by atoms with Gasteiger partial charge in [-0.25, -0.2) is 4.79 Å². The van der Waals surface area contributed by atoms with E-state index in [1.54, 1.807) is 13.8 Å². The molecule has 6 heteroatoms. The lowest BCUT2D eigenvalue weighted by atomic mass is 10.1. The van der Waals surface area contributed by atoms with Crippen LogP contribution in [0, 0.1) is 13.8 Å². The highest BCUT2D eigenvalue weighted by molar-refractivity contribution is 5.74. The number of carbonyl (C=O) groups excluding carboxylic acids is 1. The second kappa shape index (κ2) is 6.26. The minimum Gasteiger partial charge on any atom is -0.389 e. The van der Waals surface area contributed by atoms with Crippen LogP contribution in [-0.2, 0) is 13.5 Å². The van der Waals surface area contributed by atoms with Crippen LogP contribution >= 0.6 is 0 Å². The Morgan fingerprint density at radius 1 is 1.45 bits per heavy atom. The minimum atomic E-state index is -0.906. The number of aliphatic hydroxyl groups is 1. The lowest BCUT2D eigenvalue weighted by Crippen LogP contribution is -2.46. The number of nitrogens with zero attached hydrogens (tertiary/aromatic N) is 2. The molecule has 0 bridgehead atoms. The molecule has 1 rings (SSSR count). The van der Waals surface area contributed by atoms with Crippen LogP contribution < -0.4 is 10.6 Å². The van der Waals surface area contributed by atoms with Gasteiger partial charge in [0.15, 0.2) is 0 Å². The summed E-state index contributed by atoms with van der Waals surface area (Å²) < 4.78 is 1.85. The molecular weight excluding hydrogens is 256 g/mol. The maximum Gasteiger partial charge on any atom is 0.315 e. The van der Waals surface area contributed by atoms with E-state index in [-0.39, 0.29) is 18.6 Å². The molecule has 0 saturated heterocycles. The number of urea groups is 1. The highest BCUT2D eigenvalue weighted by Gasteiger charge is 2.17. The van der Waals surface area contributed by atoms with Crippen molar-refractivity contribution in [1.29, 1.82) is 0 Å². The maximum absolute atomic E-state index is 11.7. The first-order valence-electron chi connectivity index (χ1n) is 6.86. The third-order valence-corrected chi connectivity index (χ3v) is 3.23. The zero-order valence-electron chi connectivity index (χ0n) is 13.2. The van der Waals surface area contributed by atoms with Crippen LogP contribution in [0.15, 0.2) is 0 Å². The Labute approximate surface area is 120 Å². The molecule has 1 aromatic rings. The van der Waals surface area contributed by atoms with Crippen LogP contribution in [0.25, 0.3) is 0 Å². The van der Waals surface area contributed by atoms with Crippen molar-refractivity contribution in [3.8, 4) is 0 Å². The van der Waals surface area contributed by atoms with Gasteiger partial charge in [-0.05, 0) is 46.6 Å². The summed E-state index contributed by atoms with van der Waals surface area (Å²) in [6, 6.07) is -0.266. The summed E-state index contributed by atoms with van der Waals surface area (Å²) in [7, 11) is 1.92. The Morgan fingerprint density at radius 3 is 2.50 bits per heavy atom. The molecule has 6 nitrogen and oxygen atoms in total. The van der Waals surface area contributed by atoms with Crippen molar-refractivity contribution in [2.75, 3.05) is 6.54 Å². The van der Waals surface area contributed by atoms with Crippen molar-refractivity contribution in [3.05, 3.63) is 17.0 Å². The van der Waals surface area contributed by atoms with Crippen LogP contribution in [0.5, 0.6) is 0 Å². The molecule has 1 aromatic heterocycles. The van der Waals surface area contributed by atoms with E-state index in [2.05, 4.69) is 15.7 Å². The quantitative estimate of drug-likeness (QED) is 0.755. The van der Waals surface area contributed by atoms with E-state index >= 15 is 0 Å². The Bertz CT molecular complexity index is 474. The zero-order chi connectivity index (χ0) is 15.5. The van der Waals surface area contributed by atoms with Crippen molar-refractivity contribution < 1.29 is 9.90 Å². The second-order valence-corrected chi connectivity index (χ2v) is 6.02. The van der Waals surface area contributed by atoms with Gasteiger partial charge in [0, 0.05) is 25.3 Å². The fourth-order valence-corrected chi connectivity index (χ4v) is 2.04. The molecule has 0 radical (unpaired) electrons. The van der Waals surface area contributed by atoms with E-state index < -0.39 is 5.60 Å². The third kappa shape index (κ3) is 4.85. The first kappa shape index (κ1) is 16.5. The molecule has 20 heavy (non-hydrogen) atoms. The number of carbonyl (C=O) groups is 1. The van der Waals surface area contributed by atoms with E-state index in [0.717, 1.165) is 17.8 Å². The van der Waals surface area contributed by atoms with Crippen molar-refractivity contribution in [3.63, 3.8) is 0 Å². The molecule has 0 aliphatic heterocycles. The summed E-state index contributed by atoms with van der Waals surface area (Å²) >= 11 is 0. The van der Waals surface area contributed by atoms with E-state index in [4.69, 9.17) is 0 Å². The average molecular weight is 282 g/mol. The summed E-state index contributed by atoms with van der Waals surface area (Å²) in [4.78, 5) is 11.7. The molecule has 0 fully saturated rings. The van der Waals surface area contributed by atoms with Crippen LogP contribution in [0.2, 0.25) is 0 Å². The first-order valence-corrected chi connectivity index (χ1v) is 6.86. The predicted octanol–water partition coefficient (Wildman–Crippen LogP) is 1.04. The van der Waals surface area contributed by atoms with Gasteiger partial charge in [-0.3, -0.25) is 4.68 Å². The van der Waals surface area contributed by atoms with E-state index in [1.807, 2.05) is 32.5 Å². The van der Waals surface area contributed by atoms with Gasteiger partial charge in [0.2, 0.25) is 0 Å². The summed E-state index contributed by atoms with van der Waals surface area (Å²) in [5.74, 6) is 0. The zero-order valence-corrected chi connectivity index (χ0v) is 13.2. The van der Waals surface area contributed by atoms with Gasteiger partial charge in [0.05, 0.1) is 11.3 Å². The monoisotopic (exact) mass is 282 g/mol. The van der Waals surface area contributed by atoms with Gasteiger partial charge in [0.1, 0.15) is 0 Å². The Balaban J connectivity index is 2.51. The number of hydrogen-bond donors (Lipinski definition) is 3. The van der Waals surface area contributed by atoms with Crippen molar-refractivity contribution >= 4 is 6.03 Å². The first-order chi connectivity index (χ1) is 9.10. The van der Waals surface area contributed by atoms with Crippen LogP contribution in [0.3, 0.4) is 0 Å². The molecule has 3 N–H and O–H groups in total. The smallest absolute Gasteiger partial charge is 0.315 e. The Morgan fingerprint density at radius 2 is 2.05 bits per heavy atom. The number of rotatable bonds is 5. The largest absolute Gasteiger partial charge is 0.389 e. The van der Waals surface area contributed by atoms with Gasteiger partial charge in [0.25, 0.3) is 0 Å². The molecule has 0 unspecified atom stereocenters. The maximum atomic E-state index is 11.7. The van der Waals surface area contributed by atoms with Crippen molar-refractivity contribution in [1.82, 2.24) is 20.4 Å². The van der Waals surface area contributed by atoms with Crippen LogP contribution in [-0.4, -0.2) is 39.1 Å². The number of amides is 2. The van der Waals surface area contributed by atoms with E-state index in [1.165, 1.54) is 5.56 Å². The number of nitrogens with one attached hydrogen (secondary N) is 2. The molecule has 2 amide bonds.